The number of aliphatic hydroxyl groups excluding tert-OH is 1. The van der Waals surface area contributed by atoms with Gasteiger partial charge < -0.3 is 26.8 Å². The summed E-state index contributed by atoms with van der Waals surface area (Å²) in [5, 5.41) is 13.0. The van der Waals surface area contributed by atoms with Crippen molar-refractivity contribution in [3.63, 3.8) is 0 Å². The SMILES string of the molecule is CC(=O)N1C[C@@H](O)C[C@H]1C(=O)N[C@H](CCCN=C(N)N)C(=O)c1nc2ccccc2s1. The summed E-state index contributed by atoms with van der Waals surface area (Å²) in [5.74, 6) is -1.14. The number of guanidine groups is 1. The zero-order chi connectivity index (χ0) is 22.5. The first kappa shape index (κ1) is 22.6. The van der Waals surface area contributed by atoms with E-state index in [2.05, 4.69) is 15.3 Å². The van der Waals surface area contributed by atoms with E-state index in [0.29, 0.717) is 29.9 Å². The van der Waals surface area contributed by atoms with Gasteiger partial charge in [0, 0.05) is 26.4 Å². The predicted octanol–water partition coefficient (Wildman–Crippen LogP) is -0.000900. The lowest BCUT2D eigenvalue weighted by atomic mass is 10.1. The lowest BCUT2D eigenvalue weighted by Crippen LogP contribution is -2.50. The van der Waals surface area contributed by atoms with Crippen LogP contribution in [0.15, 0.2) is 29.3 Å². The molecule has 1 aliphatic heterocycles. The van der Waals surface area contributed by atoms with Gasteiger partial charge in [-0.1, -0.05) is 12.1 Å². The molecule has 0 radical (unpaired) electrons. The molecule has 10 nitrogen and oxygen atoms in total. The van der Waals surface area contributed by atoms with Crippen LogP contribution in [0.1, 0.15) is 36.0 Å². The molecule has 31 heavy (non-hydrogen) atoms. The number of carbonyl (C=O) groups is 3. The van der Waals surface area contributed by atoms with E-state index < -0.39 is 24.1 Å². The van der Waals surface area contributed by atoms with Crippen LogP contribution in [0.3, 0.4) is 0 Å². The second-order valence-electron chi connectivity index (χ2n) is 7.44. The van der Waals surface area contributed by atoms with Crippen molar-refractivity contribution in [2.75, 3.05) is 13.1 Å². The molecule has 1 aromatic heterocycles. The number of benzene rings is 1. The Morgan fingerprint density at radius 1 is 1.35 bits per heavy atom. The summed E-state index contributed by atoms with van der Waals surface area (Å²) in [5.41, 5.74) is 11.4. The van der Waals surface area contributed by atoms with Crippen molar-refractivity contribution in [2.45, 2.75) is 44.4 Å². The normalized spacial score (nSPS) is 19.2. The maximum absolute atomic E-state index is 13.2. The van der Waals surface area contributed by atoms with Gasteiger partial charge in [-0.05, 0) is 25.0 Å². The minimum Gasteiger partial charge on any atom is -0.391 e. The third-order valence-electron chi connectivity index (χ3n) is 5.07. The molecular formula is C20H26N6O4S. The number of para-hydroxylation sites is 1. The molecule has 1 aromatic carbocycles. The number of likely N-dealkylation sites (tertiary alicyclic amines) is 1. The van der Waals surface area contributed by atoms with Gasteiger partial charge in [0.25, 0.3) is 0 Å². The average Bonchev–Trinajstić information content (AvgIpc) is 3.33. The summed E-state index contributed by atoms with van der Waals surface area (Å²) >= 11 is 1.26. The number of aliphatic imine (C=N–C) groups is 1. The van der Waals surface area contributed by atoms with Gasteiger partial charge in [0.2, 0.25) is 17.6 Å². The second kappa shape index (κ2) is 9.84. The molecule has 3 rings (SSSR count). The molecule has 1 fully saturated rings. The molecule has 6 N–H and O–H groups in total. The third kappa shape index (κ3) is 5.56. The van der Waals surface area contributed by atoms with Gasteiger partial charge in [0.15, 0.2) is 11.0 Å². The number of thiazole rings is 1. The van der Waals surface area contributed by atoms with Crippen LogP contribution in [-0.2, 0) is 9.59 Å². The zero-order valence-corrected chi connectivity index (χ0v) is 18.0. The summed E-state index contributed by atoms with van der Waals surface area (Å²) in [4.78, 5) is 47.6. The largest absolute Gasteiger partial charge is 0.391 e. The van der Waals surface area contributed by atoms with Crippen molar-refractivity contribution in [1.29, 1.82) is 0 Å². The zero-order valence-electron chi connectivity index (χ0n) is 17.2. The van der Waals surface area contributed by atoms with Crippen LogP contribution in [0.25, 0.3) is 10.2 Å². The van der Waals surface area contributed by atoms with Crippen LogP contribution in [-0.4, -0.2) is 69.8 Å². The first-order valence-corrected chi connectivity index (χ1v) is 10.8. The number of fused-ring (bicyclic) bond motifs is 1. The highest BCUT2D eigenvalue weighted by molar-refractivity contribution is 7.20. The quantitative estimate of drug-likeness (QED) is 0.192. The van der Waals surface area contributed by atoms with Crippen molar-refractivity contribution in [2.24, 2.45) is 16.5 Å². The fourth-order valence-corrected chi connectivity index (χ4v) is 4.54. The van der Waals surface area contributed by atoms with Crippen LogP contribution >= 0.6 is 11.3 Å². The number of rotatable bonds is 8. The van der Waals surface area contributed by atoms with Gasteiger partial charge >= 0.3 is 0 Å². The van der Waals surface area contributed by atoms with Gasteiger partial charge in [0.1, 0.15) is 6.04 Å². The molecular weight excluding hydrogens is 420 g/mol. The van der Waals surface area contributed by atoms with Crippen LogP contribution in [0, 0.1) is 0 Å². The molecule has 0 aliphatic carbocycles. The Labute approximate surface area is 183 Å². The highest BCUT2D eigenvalue weighted by Crippen LogP contribution is 2.24. The van der Waals surface area contributed by atoms with E-state index >= 15 is 0 Å². The highest BCUT2D eigenvalue weighted by Gasteiger charge is 2.39. The van der Waals surface area contributed by atoms with Crippen LogP contribution in [0.2, 0.25) is 0 Å². The van der Waals surface area contributed by atoms with Crippen molar-refractivity contribution in [1.82, 2.24) is 15.2 Å². The van der Waals surface area contributed by atoms with Crippen LogP contribution in [0.4, 0.5) is 0 Å². The van der Waals surface area contributed by atoms with E-state index in [0.717, 1.165) is 4.70 Å². The Morgan fingerprint density at radius 3 is 2.77 bits per heavy atom. The molecule has 0 saturated carbocycles. The maximum atomic E-state index is 13.2. The van der Waals surface area contributed by atoms with E-state index in [1.165, 1.54) is 23.2 Å². The lowest BCUT2D eigenvalue weighted by molar-refractivity contribution is -0.137. The van der Waals surface area contributed by atoms with E-state index in [-0.39, 0.29) is 30.6 Å². The highest BCUT2D eigenvalue weighted by atomic mass is 32.1. The smallest absolute Gasteiger partial charge is 0.243 e. The van der Waals surface area contributed by atoms with Gasteiger partial charge in [-0.15, -0.1) is 11.3 Å². The molecule has 2 amide bonds. The van der Waals surface area contributed by atoms with Gasteiger partial charge in [0.05, 0.1) is 22.4 Å². The van der Waals surface area contributed by atoms with Gasteiger partial charge in [-0.25, -0.2) is 4.98 Å². The number of aromatic nitrogens is 1. The summed E-state index contributed by atoms with van der Waals surface area (Å²) in [6.45, 7) is 1.75. The number of amides is 2. The molecule has 0 spiro atoms. The minimum atomic E-state index is -0.853. The first-order chi connectivity index (χ1) is 14.8. The molecule has 0 bridgehead atoms. The minimum absolute atomic E-state index is 0.0462. The molecule has 166 valence electrons. The molecule has 2 heterocycles. The van der Waals surface area contributed by atoms with E-state index in [4.69, 9.17) is 11.5 Å². The molecule has 11 heteroatoms. The molecule has 1 saturated heterocycles. The fourth-order valence-electron chi connectivity index (χ4n) is 3.58. The van der Waals surface area contributed by atoms with Crippen LogP contribution < -0.4 is 16.8 Å². The van der Waals surface area contributed by atoms with Crippen molar-refractivity contribution >= 4 is 45.1 Å². The number of ketones is 1. The summed E-state index contributed by atoms with van der Waals surface area (Å²) < 4.78 is 0.873. The number of nitrogens with one attached hydrogen (secondary N) is 1. The Morgan fingerprint density at radius 2 is 2.10 bits per heavy atom. The number of aliphatic hydroxyl groups is 1. The van der Waals surface area contributed by atoms with E-state index in [9.17, 15) is 19.5 Å². The number of hydrogen-bond donors (Lipinski definition) is 4. The number of β-amino-alcohol motifs (C(OH)–C–C–N with tert-alkyl or cyclic N) is 1. The summed E-state index contributed by atoms with van der Waals surface area (Å²) in [7, 11) is 0. The maximum Gasteiger partial charge on any atom is 0.243 e. The van der Waals surface area contributed by atoms with Crippen LogP contribution in [0.5, 0.6) is 0 Å². The summed E-state index contributed by atoms with van der Waals surface area (Å²) in [6.07, 6.45) is 0.108. The Kier molecular flexibility index (Phi) is 7.18. The first-order valence-electron chi connectivity index (χ1n) is 9.97. The molecule has 3 atom stereocenters. The number of hydrogen-bond acceptors (Lipinski definition) is 7. The fraction of sp³-hybridized carbons (Fsp3) is 0.450. The molecule has 0 unspecified atom stereocenters. The van der Waals surface area contributed by atoms with Gasteiger partial charge in [-0.2, -0.15) is 0 Å². The Balaban J connectivity index is 1.78. The number of Topliss-reactive ketones (excluding diaryl/α,β-unsaturated/α-hetero) is 1. The Hall–Kier alpha value is -3.05. The topological polar surface area (TPSA) is 164 Å². The summed E-state index contributed by atoms with van der Waals surface area (Å²) in [6, 6.07) is 5.72. The number of nitrogens with two attached hydrogens (primary N) is 2. The molecule has 2 aromatic rings. The average molecular weight is 447 g/mol. The van der Waals surface area contributed by atoms with Crippen molar-refractivity contribution < 1.29 is 19.5 Å². The monoisotopic (exact) mass is 446 g/mol. The van der Waals surface area contributed by atoms with E-state index in [1.807, 2.05) is 24.3 Å². The van der Waals surface area contributed by atoms with Gasteiger partial charge in [-0.3, -0.25) is 19.4 Å². The van der Waals surface area contributed by atoms with E-state index in [1.54, 1.807) is 0 Å². The van der Waals surface area contributed by atoms with Crippen molar-refractivity contribution in [3.8, 4) is 0 Å². The lowest BCUT2D eigenvalue weighted by Gasteiger charge is -2.24. The predicted molar refractivity (Wildman–Crippen MR) is 118 cm³/mol. The number of carbonyl (C=O) groups excluding carboxylic acids is 3. The second-order valence-corrected chi connectivity index (χ2v) is 8.47. The Bertz CT molecular complexity index is 969. The third-order valence-corrected chi connectivity index (χ3v) is 6.12. The standard InChI is InChI=1S/C20H26N6O4S/c1-11(27)26-10-12(28)9-15(26)18(30)24-14(6-4-8-23-20(21)22)17(29)19-25-13-5-2-3-7-16(13)31-19/h2-3,5,7,12,14-15,28H,4,6,8-10H2,1H3,(H,24,30)(H4,21,22,23)/t12-,14+,15-/m0/s1. The molecule has 1 aliphatic rings. The number of nitrogens with zero attached hydrogens (tertiary/aromatic N) is 3. The van der Waals surface area contributed by atoms with Crippen molar-refractivity contribution in [3.05, 3.63) is 29.3 Å².